The van der Waals surface area contributed by atoms with Gasteiger partial charge in [0.25, 0.3) is 5.91 Å². The lowest BCUT2D eigenvalue weighted by atomic mass is 9.99. The van der Waals surface area contributed by atoms with E-state index >= 15 is 0 Å². The SMILES string of the molecule is CC[C@H]1CCCCN1C(=O)[C@@H](C)OC(=O)c1cc(Cl)c(Br)[nH]1. The molecule has 122 valence electrons. The summed E-state index contributed by atoms with van der Waals surface area (Å²) in [5.74, 6) is -0.713. The molecule has 7 heteroatoms. The number of hydrogen-bond acceptors (Lipinski definition) is 3. The van der Waals surface area contributed by atoms with Gasteiger partial charge < -0.3 is 14.6 Å². The fourth-order valence-corrected chi connectivity index (χ4v) is 3.22. The van der Waals surface area contributed by atoms with Crippen LogP contribution in [0.15, 0.2) is 10.7 Å². The molecule has 0 aliphatic carbocycles. The molecule has 2 heterocycles. The molecule has 0 unspecified atom stereocenters. The molecule has 0 aromatic carbocycles. The Labute approximate surface area is 143 Å². The summed E-state index contributed by atoms with van der Waals surface area (Å²) in [7, 11) is 0. The average Bonchev–Trinajstić information content (AvgIpc) is 2.86. The van der Waals surface area contributed by atoms with Crippen molar-refractivity contribution in [1.82, 2.24) is 9.88 Å². The number of ether oxygens (including phenoxy) is 1. The van der Waals surface area contributed by atoms with Gasteiger partial charge in [-0.05, 0) is 54.6 Å². The Morgan fingerprint density at radius 2 is 2.27 bits per heavy atom. The minimum Gasteiger partial charge on any atom is -0.448 e. The molecule has 1 aliphatic rings. The van der Waals surface area contributed by atoms with Crippen molar-refractivity contribution < 1.29 is 14.3 Å². The zero-order valence-electron chi connectivity index (χ0n) is 12.7. The molecule has 1 saturated heterocycles. The van der Waals surface area contributed by atoms with E-state index in [9.17, 15) is 9.59 Å². The Bertz CT molecular complexity index is 541. The maximum absolute atomic E-state index is 12.5. The van der Waals surface area contributed by atoms with Crippen LogP contribution in [0, 0.1) is 0 Å². The molecule has 1 aliphatic heterocycles. The van der Waals surface area contributed by atoms with Crippen LogP contribution in [0.2, 0.25) is 5.02 Å². The van der Waals surface area contributed by atoms with Crippen LogP contribution in [0.3, 0.4) is 0 Å². The number of piperidine rings is 1. The van der Waals surface area contributed by atoms with Crippen LogP contribution in [0.5, 0.6) is 0 Å². The first-order chi connectivity index (χ1) is 10.4. The van der Waals surface area contributed by atoms with Gasteiger partial charge in [0, 0.05) is 12.6 Å². The van der Waals surface area contributed by atoms with Crippen LogP contribution < -0.4 is 0 Å². The Kier molecular flexibility index (Phi) is 5.92. The third-order valence-corrected chi connectivity index (χ3v) is 5.11. The van der Waals surface area contributed by atoms with Gasteiger partial charge in [-0.3, -0.25) is 4.79 Å². The number of likely N-dealkylation sites (tertiary alicyclic amines) is 1. The summed E-state index contributed by atoms with van der Waals surface area (Å²) in [5.41, 5.74) is 0.224. The molecule has 1 aromatic rings. The summed E-state index contributed by atoms with van der Waals surface area (Å²) in [6.07, 6.45) is 3.28. The first-order valence-corrected chi connectivity index (χ1v) is 8.66. The lowest BCUT2D eigenvalue weighted by molar-refractivity contribution is -0.143. The Morgan fingerprint density at radius 3 is 2.86 bits per heavy atom. The van der Waals surface area contributed by atoms with Crippen LogP contribution in [-0.2, 0) is 9.53 Å². The smallest absolute Gasteiger partial charge is 0.355 e. The summed E-state index contributed by atoms with van der Waals surface area (Å²) in [6.45, 7) is 4.42. The number of amides is 1. The van der Waals surface area contributed by atoms with Gasteiger partial charge >= 0.3 is 5.97 Å². The van der Waals surface area contributed by atoms with Crippen LogP contribution in [0.1, 0.15) is 50.0 Å². The Hall–Kier alpha value is -1.01. The lowest BCUT2D eigenvalue weighted by Gasteiger charge is -2.36. The monoisotopic (exact) mass is 390 g/mol. The van der Waals surface area contributed by atoms with E-state index in [4.69, 9.17) is 16.3 Å². The van der Waals surface area contributed by atoms with E-state index < -0.39 is 12.1 Å². The van der Waals surface area contributed by atoms with Crippen molar-refractivity contribution in [2.24, 2.45) is 0 Å². The second-order valence-corrected chi connectivity index (χ2v) is 6.68. The van der Waals surface area contributed by atoms with E-state index in [0.717, 1.165) is 32.2 Å². The van der Waals surface area contributed by atoms with Gasteiger partial charge in [0.1, 0.15) is 10.3 Å². The quantitative estimate of drug-likeness (QED) is 0.795. The molecule has 1 amide bonds. The molecular weight excluding hydrogens is 372 g/mol. The van der Waals surface area contributed by atoms with E-state index in [1.165, 1.54) is 6.07 Å². The molecule has 1 aromatic heterocycles. The number of halogens is 2. The first-order valence-electron chi connectivity index (χ1n) is 7.49. The highest BCUT2D eigenvalue weighted by atomic mass is 79.9. The number of esters is 1. The molecule has 0 spiro atoms. The zero-order chi connectivity index (χ0) is 16.3. The number of H-pyrrole nitrogens is 1. The normalized spacial score (nSPS) is 19.8. The lowest BCUT2D eigenvalue weighted by Crippen LogP contribution is -2.48. The van der Waals surface area contributed by atoms with Crippen LogP contribution >= 0.6 is 27.5 Å². The molecule has 2 rings (SSSR count). The predicted molar refractivity (Wildman–Crippen MR) is 88.0 cm³/mol. The highest BCUT2D eigenvalue weighted by molar-refractivity contribution is 9.10. The number of rotatable bonds is 4. The van der Waals surface area contributed by atoms with Crippen molar-refractivity contribution in [2.45, 2.75) is 51.7 Å². The molecule has 22 heavy (non-hydrogen) atoms. The number of hydrogen-bond donors (Lipinski definition) is 1. The average molecular weight is 392 g/mol. The molecule has 2 atom stereocenters. The van der Waals surface area contributed by atoms with Gasteiger partial charge in [-0.2, -0.15) is 0 Å². The molecule has 0 bridgehead atoms. The highest BCUT2D eigenvalue weighted by Crippen LogP contribution is 2.24. The van der Waals surface area contributed by atoms with Crippen molar-refractivity contribution in [1.29, 1.82) is 0 Å². The maximum Gasteiger partial charge on any atom is 0.355 e. The topological polar surface area (TPSA) is 62.4 Å². The van der Waals surface area contributed by atoms with Gasteiger partial charge in [-0.15, -0.1) is 0 Å². The minimum absolute atomic E-state index is 0.128. The molecule has 0 saturated carbocycles. The molecule has 0 radical (unpaired) electrons. The second kappa shape index (κ2) is 7.51. The van der Waals surface area contributed by atoms with Gasteiger partial charge in [0.2, 0.25) is 0 Å². The number of aromatic amines is 1. The second-order valence-electron chi connectivity index (χ2n) is 5.48. The molecule has 1 fully saturated rings. The summed E-state index contributed by atoms with van der Waals surface area (Å²) in [6, 6.07) is 1.72. The predicted octanol–water partition coefficient (Wildman–Crippen LogP) is 3.77. The van der Waals surface area contributed by atoms with Gasteiger partial charge in [-0.25, -0.2) is 4.79 Å². The fourth-order valence-electron chi connectivity index (χ4n) is 2.74. The Morgan fingerprint density at radius 1 is 1.55 bits per heavy atom. The number of carbonyl (C=O) groups is 2. The van der Waals surface area contributed by atoms with E-state index in [-0.39, 0.29) is 17.6 Å². The largest absolute Gasteiger partial charge is 0.448 e. The third-order valence-electron chi connectivity index (χ3n) is 3.96. The fraction of sp³-hybridized carbons (Fsp3) is 0.600. The first kappa shape index (κ1) is 17.3. The van der Waals surface area contributed by atoms with E-state index in [1.807, 2.05) is 4.90 Å². The summed E-state index contributed by atoms with van der Waals surface area (Å²) in [5, 5.41) is 0.396. The van der Waals surface area contributed by atoms with Crippen molar-refractivity contribution in [2.75, 3.05) is 6.54 Å². The number of carbonyl (C=O) groups excluding carboxylic acids is 2. The van der Waals surface area contributed by atoms with Crippen LogP contribution in [0.4, 0.5) is 0 Å². The summed E-state index contributed by atoms with van der Waals surface area (Å²) in [4.78, 5) is 29.2. The maximum atomic E-state index is 12.5. The van der Waals surface area contributed by atoms with Crippen LogP contribution in [0.25, 0.3) is 0 Å². The standard InChI is InChI=1S/C15H20BrClN2O3/c1-3-10-6-4-5-7-19(10)14(20)9(2)22-15(21)12-8-11(17)13(16)18-12/h8-10,18H,3-7H2,1-2H3/t9-,10+/m1/s1. The van der Waals surface area contributed by atoms with Crippen molar-refractivity contribution in [3.8, 4) is 0 Å². The van der Waals surface area contributed by atoms with E-state index in [1.54, 1.807) is 6.92 Å². The van der Waals surface area contributed by atoms with Gasteiger partial charge in [-0.1, -0.05) is 18.5 Å². The third kappa shape index (κ3) is 3.84. The van der Waals surface area contributed by atoms with Gasteiger partial charge in [0.15, 0.2) is 6.10 Å². The zero-order valence-corrected chi connectivity index (χ0v) is 15.0. The van der Waals surface area contributed by atoms with E-state index in [2.05, 4.69) is 27.8 Å². The van der Waals surface area contributed by atoms with Crippen molar-refractivity contribution in [3.05, 3.63) is 21.4 Å². The van der Waals surface area contributed by atoms with E-state index in [0.29, 0.717) is 9.63 Å². The highest BCUT2D eigenvalue weighted by Gasteiger charge is 2.30. The van der Waals surface area contributed by atoms with Crippen LogP contribution in [-0.4, -0.2) is 40.5 Å². The van der Waals surface area contributed by atoms with Crippen molar-refractivity contribution >= 4 is 39.4 Å². The summed E-state index contributed by atoms with van der Waals surface area (Å²) < 4.78 is 5.79. The van der Waals surface area contributed by atoms with Gasteiger partial charge in [0.05, 0.1) is 5.02 Å². The number of nitrogens with zero attached hydrogens (tertiary/aromatic N) is 1. The molecular formula is C15H20BrClN2O3. The molecule has 1 N–H and O–H groups in total. The minimum atomic E-state index is -0.805. The number of nitrogens with one attached hydrogen (secondary N) is 1. The Balaban J connectivity index is 1.99. The number of aromatic nitrogens is 1. The van der Waals surface area contributed by atoms with Crippen molar-refractivity contribution in [3.63, 3.8) is 0 Å². The molecule has 5 nitrogen and oxygen atoms in total. The summed E-state index contributed by atoms with van der Waals surface area (Å²) >= 11 is 9.06.